The van der Waals surface area contributed by atoms with Gasteiger partial charge in [0.05, 0.1) is 0 Å². The van der Waals surface area contributed by atoms with Crippen LogP contribution in [0.1, 0.15) is 19.4 Å². The highest BCUT2D eigenvalue weighted by molar-refractivity contribution is 5.85. The first kappa shape index (κ1) is 15.1. The fourth-order valence-corrected chi connectivity index (χ4v) is 0.913. The maximum absolute atomic E-state index is 5.87. The number of rotatable bonds is 1. The maximum Gasteiger partial charge on any atom is 0.0352 e. The molecule has 13 heavy (non-hydrogen) atoms. The van der Waals surface area contributed by atoms with Gasteiger partial charge in [0.2, 0.25) is 0 Å². The Morgan fingerprint density at radius 2 is 1.38 bits per heavy atom. The Hall–Kier alpha value is -0.440. The van der Waals surface area contributed by atoms with Gasteiger partial charge >= 0.3 is 0 Å². The topological polar surface area (TPSA) is 52.0 Å². The molecule has 0 saturated heterocycles. The van der Waals surface area contributed by atoms with E-state index in [0.29, 0.717) is 0 Å². The largest absolute Gasteiger partial charge is 0.399 e. The van der Waals surface area contributed by atoms with E-state index in [-0.39, 0.29) is 30.4 Å². The zero-order chi connectivity index (χ0) is 8.48. The fourth-order valence-electron chi connectivity index (χ4n) is 0.913. The van der Waals surface area contributed by atoms with Crippen molar-refractivity contribution in [3.05, 3.63) is 29.8 Å². The zero-order valence-corrected chi connectivity index (χ0v) is 9.41. The molecular formula is C9H16Cl2N2. The Morgan fingerprint density at radius 1 is 1.00 bits per heavy atom. The molecular weight excluding hydrogens is 207 g/mol. The summed E-state index contributed by atoms with van der Waals surface area (Å²) in [5.41, 5.74) is 13.0. The molecule has 0 aromatic heterocycles. The zero-order valence-electron chi connectivity index (χ0n) is 7.78. The summed E-state index contributed by atoms with van der Waals surface area (Å²) < 4.78 is 0. The molecule has 76 valence electrons. The summed E-state index contributed by atoms with van der Waals surface area (Å²) >= 11 is 0. The predicted octanol–water partition coefficient (Wildman–Crippen LogP) is 2.31. The second-order valence-electron chi connectivity index (χ2n) is 3.34. The van der Waals surface area contributed by atoms with Crippen LogP contribution in [0.3, 0.4) is 0 Å². The molecule has 1 aromatic carbocycles. The molecule has 0 aliphatic heterocycles. The first-order valence-corrected chi connectivity index (χ1v) is 3.65. The van der Waals surface area contributed by atoms with E-state index in [0.717, 1.165) is 11.3 Å². The molecule has 0 atom stereocenters. The average molecular weight is 223 g/mol. The number of nitrogen functional groups attached to an aromatic ring is 1. The summed E-state index contributed by atoms with van der Waals surface area (Å²) in [7, 11) is 0. The number of nitrogens with two attached hydrogens (primary N) is 2. The van der Waals surface area contributed by atoms with Gasteiger partial charge in [0.1, 0.15) is 0 Å². The van der Waals surface area contributed by atoms with Crippen molar-refractivity contribution in [2.24, 2.45) is 5.73 Å². The summed E-state index contributed by atoms with van der Waals surface area (Å²) in [6.45, 7) is 3.94. The molecule has 1 rings (SSSR count). The van der Waals surface area contributed by atoms with Gasteiger partial charge in [0.15, 0.2) is 0 Å². The molecule has 1 aromatic rings. The van der Waals surface area contributed by atoms with Crippen LogP contribution < -0.4 is 11.5 Å². The lowest BCUT2D eigenvalue weighted by molar-refractivity contribution is 0.554. The highest BCUT2D eigenvalue weighted by atomic mass is 35.5. The summed E-state index contributed by atoms with van der Waals surface area (Å²) in [5.74, 6) is 0. The molecule has 2 nitrogen and oxygen atoms in total. The van der Waals surface area contributed by atoms with E-state index in [1.54, 1.807) is 0 Å². The number of hydrogen-bond acceptors (Lipinski definition) is 2. The van der Waals surface area contributed by atoms with Crippen LogP contribution in [-0.2, 0) is 5.54 Å². The van der Waals surface area contributed by atoms with Crippen LogP contribution in [0.15, 0.2) is 24.3 Å². The Bertz CT molecular complexity index is 239. The normalized spacial score (nSPS) is 9.77. The third-order valence-corrected chi connectivity index (χ3v) is 1.65. The molecule has 0 amide bonds. The lowest BCUT2D eigenvalue weighted by atomic mass is 9.96. The molecule has 0 fully saturated rings. The monoisotopic (exact) mass is 222 g/mol. The summed E-state index contributed by atoms with van der Waals surface area (Å²) in [5, 5.41) is 0. The van der Waals surface area contributed by atoms with Gasteiger partial charge in [-0.05, 0) is 31.5 Å². The van der Waals surface area contributed by atoms with Crippen molar-refractivity contribution in [3.63, 3.8) is 0 Å². The number of hydrogen-bond donors (Lipinski definition) is 2. The molecule has 0 saturated carbocycles. The molecule has 0 unspecified atom stereocenters. The van der Waals surface area contributed by atoms with Gasteiger partial charge in [-0.25, -0.2) is 0 Å². The van der Waals surface area contributed by atoms with E-state index >= 15 is 0 Å². The van der Waals surface area contributed by atoms with Gasteiger partial charge in [-0.2, -0.15) is 0 Å². The lowest BCUT2D eigenvalue weighted by Gasteiger charge is -2.18. The highest BCUT2D eigenvalue weighted by Crippen LogP contribution is 2.17. The molecule has 0 aliphatic rings. The summed E-state index contributed by atoms with van der Waals surface area (Å²) in [6, 6.07) is 7.64. The van der Waals surface area contributed by atoms with Crippen molar-refractivity contribution in [2.45, 2.75) is 19.4 Å². The van der Waals surface area contributed by atoms with Crippen molar-refractivity contribution in [1.82, 2.24) is 0 Å². The van der Waals surface area contributed by atoms with E-state index < -0.39 is 0 Å². The minimum Gasteiger partial charge on any atom is -0.399 e. The third kappa shape index (κ3) is 4.36. The van der Waals surface area contributed by atoms with Crippen molar-refractivity contribution in [3.8, 4) is 0 Å². The quantitative estimate of drug-likeness (QED) is 0.717. The second-order valence-corrected chi connectivity index (χ2v) is 3.34. The molecule has 0 aliphatic carbocycles. The van der Waals surface area contributed by atoms with Crippen molar-refractivity contribution in [2.75, 3.05) is 5.73 Å². The lowest BCUT2D eigenvalue weighted by Crippen LogP contribution is -2.28. The van der Waals surface area contributed by atoms with Crippen LogP contribution in [0.5, 0.6) is 0 Å². The Morgan fingerprint density at radius 3 is 1.69 bits per heavy atom. The standard InChI is InChI=1S/C9H14N2.2ClH/c1-9(2,11)7-3-5-8(10)6-4-7;;/h3-6H,10-11H2,1-2H3;2*1H. The van der Waals surface area contributed by atoms with Gasteiger partial charge in [-0.1, -0.05) is 12.1 Å². The molecule has 0 bridgehead atoms. The Labute approximate surface area is 91.5 Å². The van der Waals surface area contributed by atoms with Gasteiger partial charge in [0.25, 0.3) is 0 Å². The van der Waals surface area contributed by atoms with Crippen LogP contribution in [0.4, 0.5) is 5.69 Å². The van der Waals surface area contributed by atoms with Crippen LogP contribution in [0, 0.1) is 0 Å². The molecule has 4 N–H and O–H groups in total. The van der Waals surface area contributed by atoms with Gasteiger partial charge in [-0.15, -0.1) is 24.8 Å². The van der Waals surface area contributed by atoms with Crippen molar-refractivity contribution < 1.29 is 0 Å². The molecule has 0 spiro atoms. The van der Waals surface area contributed by atoms with Crippen molar-refractivity contribution in [1.29, 1.82) is 0 Å². The highest BCUT2D eigenvalue weighted by Gasteiger charge is 2.12. The van der Waals surface area contributed by atoms with Crippen LogP contribution in [0.2, 0.25) is 0 Å². The van der Waals surface area contributed by atoms with E-state index in [1.807, 2.05) is 38.1 Å². The number of anilines is 1. The van der Waals surface area contributed by atoms with Gasteiger partial charge < -0.3 is 11.5 Å². The van der Waals surface area contributed by atoms with E-state index in [2.05, 4.69) is 0 Å². The number of benzene rings is 1. The molecule has 0 radical (unpaired) electrons. The minimum atomic E-state index is -0.270. The Balaban J connectivity index is 0. The molecule has 0 heterocycles. The van der Waals surface area contributed by atoms with E-state index in [1.165, 1.54) is 0 Å². The second kappa shape index (κ2) is 5.32. The van der Waals surface area contributed by atoms with Gasteiger partial charge in [-0.3, -0.25) is 0 Å². The predicted molar refractivity (Wildman–Crippen MR) is 62.6 cm³/mol. The van der Waals surface area contributed by atoms with E-state index in [9.17, 15) is 0 Å². The average Bonchev–Trinajstić information content (AvgIpc) is 1.86. The number of halogens is 2. The minimum absolute atomic E-state index is 0. The van der Waals surface area contributed by atoms with Gasteiger partial charge in [0, 0.05) is 11.2 Å². The summed E-state index contributed by atoms with van der Waals surface area (Å²) in [4.78, 5) is 0. The SMILES string of the molecule is CC(C)(N)c1ccc(N)cc1.Cl.Cl. The van der Waals surface area contributed by atoms with Crippen molar-refractivity contribution >= 4 is 30.5 Å². The smallest absolute Gasteiger partial charge is 0.0352 e. The Kier molecular flexibility index (Phi) is 6.16. The van der Waals surface area contributed by atoms with Crippen LogP contribution in [0.25, 0.3) is 0 Å². The fraction of sp³-hybridized carbons (Fsp3) is 0.333. The third-order valence-electron chi connectivity index (χ3n) is 1.65. The summed E-state index contributed by atoms with van der Waals surface area (Å²) in [6.07, 6.45) is 0. The molecule has 4 heteroatoms. The van der Waals surface area contributed by atoms with Crippen LogP contribution >= 0.6 is 24.8 Å². The first-order valence-electron chi connectivity index (χ1n) is 3.65. The first-order chi connectivity index (χ1) is 5.00. The van der Waals surface area contributed by atoms with E-state index in [4.69, 9.17) is 11.5 Å². The van der Waals surface area contributed by atoms with Crippen LogP contribution in [-0.4, -0.2) is 0 Å². The maximum atomic E-state index is 5.87.